The van der Waals surface area contributed by atoms with Crippen LogP contribution in [-0.4, -0.2) is 63.3 Å². The zero-order valence-electron chi connectivity index (χ0n) is 15.0. The normalized spacial score (nSPS) is 10.2. The molecule has 0 spiro atoms. The Morgan fingerprint density at radius 3 is 2.66 bits per heavy atom. The highest BCUT2D eigenvalue weighted by Crippen LogP contribution is 2.18. The second-order valence-corrected chi connectivity index (χ2v) is 5.57. The molecule has 0 unspecified atom stereocenters. The largest absolute Gasteiger partial charge is 0.483 e. The molecule has 0 aromatic carbocycles. The van der Waals surface area contributed by atoms with Crippen LogP contribution < -0.4 is 5.32 Å². The van der Waals surface area contributed by atoms with Gasteiger partial charge in [0.05, 0.1) is 17.8 Å². The van der Waals surface area contributed by atoms with Crippen LogP contribution in [-0.2, 0) is 16.1 Å². The number of pyridine rings is 1. The zero-order chi connectivity index (χ0) is 20.6. The van der Waals surface area contributed by atoms with Crippen LogP contribution in [0.4, 0.5) is 5.95 Å². The number of aromatic nitrogens is 7. The summed E-state index contributed by atoms with van der Waals surface area (Å²) in [5, 5.41) is 22.4. The Hall–Kier alpha value is -4.35. The van der Waals surface area contributed by atoms with Gasteiger partial charge < -0.3 is 20.1 Å². The highest BCUT2D eigenvalue weighted by molar-refractivity contribution is 5.71. The van der Waals surface area contributed by atoms with E-state index in [-0.39, 0.29) is 19.0 Å². The maximum absolute atomic E-state index is 10.6. The minimum atomic E-state index is -0.976. The number of imidazole rings is 1. The Balaban J connectivity index is 0.000000755. The molecule has 4 heterocycles. The van der Waals surface area contributed by atoms with Crippen molar-refractivity contribution in [3.8, 4) is 11.4 Å². The van der Waals surface area contributed by atoms with Crippen LogP contribution in [0.5, 0.6) is 0 Å². The van der Waals surface area contributed by atoms with Gasteiger partial charge in [-0.1, -0.05) is 6.07 Å². The van der Waals surface area contributed by atoms with Crippen molar-refractivity contribution in [3.63, 3.8) is 0 Å². The molecule has 0 amide bonds. The number of carboxylic acid groups (broad SMARTS) is 2. The molecule has 0 aliphatic carbocycles. The van der Waals surface area contributed by atoms with Gasteiger partial charge in [-0.2, -0.15) is 5.10 Å². The number of hydrogen-bond acceptors (Lipinski definition) is 8. The fraction of sp³-hybridized carbons (Fsp3) is 0.118. The fourth-order valence-corrected chi connectivity index (χ4v) is 2.58. The van der Waals surface area contributed by atoms with E-state index in [4.69, 9.17) is 15.0 Å². The number of carbonyl (C=O) groups is 2. The highest BCUT2D eigenvalue weighted by atomic mass is 16.4. The topological polar surface area (TPSA) is 160 Å². The molecule has 4 aromatic heterocycles. The van der Waals surface area contributed by atoms with Gasteiger partial charge in [-0.3, -0.25) is 9.59 Å². The second kappa shape index (κ2) is 9.03. The summed E-state index contributed by atoms with van der Waals surface area (Å²) in [5.41, 5.74) is 2.46. The smallest absolute Gasteiger partial charge is 0.322 e. The predicted molar refractivity (Wildman–Crippen MR) is 100 cm³/mol. The summed E-state index contributed by atoms with van der Waals surface area (Å²) in [6.07, 6.45) is 8.29. The molecule has 3 N–H and O–H groups in total. The van der Waals surface area contributed by atoms with Crippen molar-refractivity contribution >= 4 is 24.0 Å². The van der Waals surface area contributed by atoms with E-state index < -0.39 is 5.97 Å². The first-order valence-electron chi connectivity index (χ1n) is 8.27. The van der Waals surface area contributed by atoms with Gasteiger partial charge in [-0.25, -0.2) is 24.5 Å². The van der Waals surface area contributed by atoms with Gasteiger partial charge in [0.25, 0.3) is 6.47 Å². The number of hydrogen-bond donors (Lipinski definition) is 3. The van der Waals surface area contributed by atoms with Crippen molar-refractivity contribution in [2.24, 2.45) is 0 Å². The van der Waals surface area contributed by atoms with Gasteiger partial charge >= 0.3 is 5.97 Å². The summed E-state index contributed by atoms with van der Waals surface area (Å²) in [5.74, 6) is -0.0240. The molecule has 29 heavy (non-hydrogen) atoms. The summed E-state index contributed by atoms with van der Waals surface area (Å²) >= 11 is 0. The summed E-state index contributed by atoms with van der Waals surface area (Å²) < 4.78 is 3.73. The van der Waals surface area contributed by atoms with Crippen molar-refractivity contribution < 1.29 is 19.8 Å². The third kappa shape index (κ3) is 4.68. The Morgan fingerprint density at radius 2 is 1.93 bits per heavy atom. The Kier molecular flexibility index (Phi) is 6.05. The number of nitrogens with zero attached hydrogens (tertiary/aromatic N) is 7. The lowest BCUT2D eigenvalue weighted by molar-refractivity contribution is -0.135. The van der Waals surface area contributed by atoms with E-state index in [2.05, 4.69) is 30.4 Å². The first-order valence-corrected chi connectivity index (χ1v) is 8.27. The first kappa shape index (κ1) is 19.4. The van der Waals surface area contributed by atoms with E-state index in [1.54, 1.807) is 23.1 Å². The maximum atomic E-state index is 10.6. The maximum Gasteiger partial charge on any atom is 0.322 e. The first-order chi connectivity index (χ1) is 14.1. The number of nitrogens with one attached hydrogen (secondary N) is 1. The Morgan fingerprint density at radius 1 is 1.17 bits per heavy atom. The van der Waals surface area contributed by atoms with Crippen molar-refractivity contribution in [1.82, 2.24) is 34.1 Å². The molecule has 148 valence electrons. The van der Waals surface area contributed by atoms with E-state index in [1.165, 1.54) is 6.33 Å². The lowest BCUT2D eigenvalue weighted by Crippen LogP contribution is -2.14. The Bertz CT molecular complexity index is 1110. The molecular weight excluding hydrogens is 380 g/mol. The van der Waals surface area contributed by atoms with Crippen molar-refractivity contribution in [1.29, 1.82) is 0 Å². The quantitative estimate of drug-likeness (QED) is 0.394. The number of anilines is 1. The molecular formula is C17H16N8O4. The summed E-state index contributed by atoms with van der Waals surface area (Å²) in [7, 11) is 0. The fourth-order valence-electron chi connectivity index (χ4n) is 2.58. The van der Waals surface area contributed by atoms with Crippen LogP contribution in [0.3, 0.4) is 0 Å². The van der Waals surface area contributed by atoms with Gasteiger partial charge in [0.15, 0.2) is 5.65 Å². The molecule has 12 nitrogen and oxygen atoms in total. The monoisotopic (exact) mass is 396 g/mol. The summed E-state index contributed by atoms with van der Waals surface area (Å²) in [4.78, 5) is 35.8. The average Bonchev–Trinajstić information content (AvgIpc) is 3.37. The molecule has 0 saturated heterocycles. The van der Waals surface area contributed by atoms with Gasteiger partial charge in [0, 0.05) is 24.8 Å². The number of carboxylic acids is 1. The standard InChI is InChI=1S/C16H14N8O2.CH2O2/c25-14(26)8-20-16-18-6-11(7-19-16)15-17-4-5-23(15)9-12-2-1-3-13-21-10-22-24(12)13;2-1-3/h1-7,10H,8-9H2,(H,25,26)(H,18,19,20);1H,(H,2,3). The molecule has 4 aromatic rings. The van der Waals surface area contributed by atoms with Crippen LogP contribution in [0.15, 0.2) is 49.3 Å². The minimum Gasteiger partial charge on any atom is -0.483 e. The molecule has 0 aliphatic rings. The van der Waals surface area contributed by atoms with E-state index in [1.807, 2.05) is 29.0 Å². The van der Waals surface area contributed by atoms with Crippen LogP contribution in [0.1, 0.15) is 5.69 Å². The highest BCUT2D eigenvalue weighted by Gasteiger charge is 2.10. The molecule has 0 fully saturated rings. The zero-order valence-corrected chi connectivity index (χ0v) is 15.0. The van der Waals surface area contributed by atoms with Gasteiger partial charge in [0.2, 0.25) is 5.95 Å². The molecule has 0 saturated carbocycles. The van der Waals surface area contributed by atoms with E-state index >= 15 is 0 Å². The second-order valence-electron chi connectivity index (χ2n) is 5.57. The SMILES string of the molecule is O=C(O)CNc1ncc(-c2nccn2Cc2cccc3ncnn23)cn1.O=CO. The number of aliphatic carboxylic acids is 1. The molecule has 4 rings (SSSR count). The van der Waals surface area contributed by atoms with E-state index in [0.717, 1.165) is 16.9 Å². The van der Waals surface area contributed by atoms with Gasteiger partial charge in [0.1, 0.15) is 18.7 Å². The third-order valence-electron chi connectivity index (χ3n) is 3.74. The average molecular weight is 396 g/mol. The minimum absolute atomic E-state index is 0.240. The molecule has 12 heteroatoms. The van der Waals surface area contributed by atoms with Crippen LogP contribution in [0.25, 0.3) is 17.0 Å². The van der Waals surface area contributed by atoms with Gasteiger partial charge in [-0.05, 0) is 12.1 Å². The van der Waals surface area contributed by atoms with Crippen LogP contribution in [0.2, 0.25) is 0 Å². The van der Waals surface area contributed by atoms with Crippen LogP contribution >= 0.6 is 0 Å². The summed E-state index contributed by atoms with van der Waals surface area (Å²) in [6.45, 7) is 0.0605. The summed E-state index contributed by atoms with van der Waals surface area (Å²) in [6, 6.07) is 5.80. The lowest BCUT2D eigenvalue weighted by atomic mass is 10.3. The third-order valence-corrected chi connectivity index (χ3v) is 3.74. The number of fused-ring (bicyclic) bond motifs is 1. The number of rotatable bonds is 6. The molecule has 0 bridgehead atoms. The van der Waals surface area contributed by atoms with Crippen molar-refractivity contribution in [2.75, 3.05) is 11.9 Å². The molecule has 0 atom stereocenters. The lowest BCUT2D eigenvalue weighted by Gasteiger charge is -2.09. The van der Waals surface area contributed by atoms with Crippen molar-refractivity contribution in [2.45, 2.75) is 6.54 Å². The van der Waals surface area contributed by atoms with E-state index in [0.29, 0.717) is 12.4 Å². The Labute approximate surface area is 163 Å². The van der Waals surface area contributed by atoms with E-state index in [9.17, 15) is 4.79 Å². The van der Waals surface area contributed by atoms with Crippen molar-refractivity contribution in [3.05, 3.63) is 55.0 Å². The van der Waals surface area contributed by atoms with Crippen LogP contribution in [0, 0.1) is 0 Å². The molecule has 0 aliphatic heterocycles. The predicted octanol–water partition coefficient (Wildman–Crippen LogP) is 0.628. The van der Waals surface area contributed by atoms with Gasteiger partial charge in [-0.15, -0.1) is 0 Å². The molecule has 0 radical (unpaired) electrons.